The highest BCUT2D eigenvalue weighted by Gasteiger charge is 2.25. The zero-order valence-electron chi connectivity index (χ0n) is 18.2. The molecule has 0 radical (unpaired) electrons. The van der Waals surface area contributed by atoms with Crippen LogP contribution >= 0.6 is 0 Å². The van der Waals surface area contributed by atoms with Crippen molar-refractivity contribution in [2.45, 2.75) is 0 Å². The van der Waals surface area contributed by atoms with Gasteiger partial charge in [-0.05, 0) is 31.3 Å². The maximum Gasteiger partial charge on any atom is 0.276 e. The number of carbonyl (C=O) groups excluding carboxylic acids is 1. The van der Waals surface area contributed by atoms with Gasteiger partial charge in [-0.1, -0.05) is 18.2 Å². The van der Waals surface area contributed by atoms with Gasteiger partial charge in [-0.15, -0.1) is 15.3 Å². The number of aromatic nitrogens is 5. The van der Waals surface area contributed by atoms with Gasteiger partial charge in [0.2, 0.25) is 0 Å². The number of hydrogen-bond donors (Lipinski definition) is 0. The van der Waals surface area contributed by atoms with E-state index in [1.807, 2.05) is 47.4 Å². The molecule has 1 amide bonds. The number of para-hydroxylation sites is 1. The van der Waals surface area contributed by atoms with Crippen LogP contribution in [-0.2, 0) is 0 Å². The Morgan fingerprint density at radius 3 is 1.97 bits per heavy atom. The van der Waals surface area contributed by atoms with Gasteiger partial charge in [0, 0.05) is 52.4 Å². The molecule has 2 fully saturated rings. The van der Waals surface area contributed by atoms with E-state index in [4.69, 9.17) is 0 Å². The first-order valence-corrected chi connectivity index (χ1v) is 11.0. The highest BCUT2D eigenvalue weighted by atomic mass is 16.2. The van der Waals surface area contributed by atoms with Gasteiger partial charge < -0.3 is 19.6 Å². The summed E-state index contributed by atoms with van der Waals surface area (Å²) in [6.07, 6.45) is 1.53. The van der Waals surface area contributed by atoms with E-state index in [2.05, 4.69) is 42.1 Å². The monoisotopic (exact) mass is 433 g/mol. The molecule has 166 valence electrons. The molecule has 2 aliphatic rings. The predicted molar refractivity (Wildman–Crippen MR) is 121 cm³/mol. The molecule has 0 spiro atoms. The second-order valence-corrected chi connectivity index (χ2v) is 8.17. The summed E-state index contributed by atoms with van der Waals surface area (Å²) in [5, 5.41) is 17.5. The van der Waals surface area contributed by atoms with Gasteiger partial charge in [-0.3, -0.25) is 4.79 Å². The van der Waals surface area contributed by atoms with Crippen LogP contribution in [0.4, 0.5) is 11.6 Å². The standard InChI is InChI=1S/C22H27N9O/c1-27-9-11-28(12-10-27)20-7-8-21(25-24-20)29-13-15-30(16-14-29)22(32)19-17-23-31(26-19)18-5-3-2-4-6-18/h2-8,17H,9-16H2,1H3. The predicted octanol–water partition coefficient (Wildman–Crippen LogP) is 0.771. The van der Waals surface area contributed by atoms with Crippen molar-refractivity contribution in [2.75, 3.05) is 69.2 Å². The Bertz CT molecular complexity index is 1040. The fourth-order valence-electron chi connectivity index (χ4n) is 4.04. The molecule has 2 saturated heterocycles. The van der Waals surface area contributed by atoms with Crippen molar-refractivity contribution in [2.24, 2.45) is 0 Å². The molecule has 32 heavy (non-hydrogen) atoms. The number of rotatable bonds is 4. The first-order chi connectivity index (χ1) is 15.7. The van der Waals surface area contributed by atoms with Crippen LogP contribution in [0.15, 0.2) is 48.7 Å². The number of hydrogen-bond acceptors (Lipinski definition) is 8. The van der Waals surface area contributed by atoms with Crippen LogP contribution in [0.5, 0.6) is 0 Å². The summed E-state index contributed by atoms with van der Waals surface area (Å²) in [6.45, 7) is 6.66. The molecule has 0 saturated carbocycles. The van der Waals surface area contributed by atoms with Crippen molar-refractivity contribution in [3.05, 3.63) is 54.4 Å². The topological polar surface area (TPSA) is 86.5 Å². The summed E-state index contributed by atoms with van der Waals surface area (Å²) >= 11 is 0. The highest BCUT2D eigenvalue weighted by molar-refractivity contribution is 5.92. The molecule has 2 aliphatic heterocycles. The first-order valence-electron chi connectivity index (χ1n) is 11.0. The lowest BCUT2D eigenvalue weighted by atomic mass is 10.2. The molecular weight excluding hydrogens is 406 g/mol. The molecule has 0 N–H and O–H groups in total. The van der Waals surface area contributed by atoms with Gasteiger partial charge in [0.15, 0.2) is 17.3 Å². The second kappa shape index (κ2) is 8.91. The first kappa shape index (κ1) is 20.4. The minimum absolute atomic E-state index is 0.0941. The van der Waals surface area contributed by atoms with Crippen molar-refractivity contribution >= 4 is 17.5 Å². The third-order valence-electron chi connectivity index (χ3n) is 6.05. The van der Waals surface area contributed by atoms with Gasteiger partial charge in [-0.2, -0.15) is 9.90 Å². The lowest BCUT2D eigenvalue weighted by Gasteiger charge is -2.35. The van der Waals surface area contributed by atoms with E-state index >= 15 is 0 Å². The van der Waals surface area contributed by atoms with E-state index in [-0.39, 0.29) is 5.91 Å². The SMILES string of the molecule is CN1CCN(c2ccc(N3CCN(C(=O)c4cnn(-c5ccccc5)n4)CC3)nn2)CC1. The fraction of sp³-hybridized carbons (Fsp3) is 0.409. The lowest BCUT2D eigenvalue weighted by molar-refractivity contribution is 0.0740. The van der Waals surface area contributed by atoms with E-state index in [1.54, 1.807) is 0 Å². The Labute approximate surface area is 187 Å². The van der Waals surface area contributed by atoms with Gasteiger partial charge >= 0.3 is 0 Å². The van der Waals surface area contributed by atoms with Gasteiger partial charge in [-0.25, -0.2) is 0 Å². The molecule has 0 atom stereocenters. The minimum atomic E-state index is -0.0941. The molecule has 3 aromatic rings. The van der Waals surface area contributed by atoms with E-state index in [0.29, 0.717) is 31.9 Å². The van der Waals surface area contributed by atoms with Crippen LogP contribution in [0.1, 0.15) is 10.5 Å². The Kier molecular flexibility index (Phi) is 5.68. The van der Waals surface area contributed by atoms with E-state index in [0.717, 1.165) is 43.5 Å². The van der Waals surface area contributed by atoms with E-state index < -0.39 is 0 Å². The van der Waals surface area contributed by atoms with Crippen LogP contribution in [0.3, 0.4) is 0 Å². The summed E-state index contributed by atoms with van der Waals surface area (Å²) in [4.78, 5) is 23.0. The molecular formula is C22H27N9O. The number of carbonyl (C=O) groups is 1. The molecule has 10 heteroatoms. The average Bonchev–Trinajstić information content (AvgIpc) is 3.35. The molecule has 2 aromatic heterocycles. The van der Waals surface area contributed by atoms with Crippen molar-refractivity contribution in [3.8, 4) is 5.69 Å². The smallest absolute Gasteiger partial charge is 0.276 e. The number of benzene rings is 1. The third kappa shape index (κ3) is 4.26. The number of likely N-dealkylation sites (N-methyl/N-ethyl adjacent to an activating group) is 1. The number of piperazine rings is 2. The van der Waals surface area contributed by atoms with Gasteiger partial charge in [0.25, 0.3) is 5.91 Å². The van der Waals surface area contributed by atoms with Crippen LogP contribution in [0.25, 0.3) is 5.69 Å². The summed E-state index contributed by atoms with van der Waals surface area (Å²) < 4.78 is 0. The number of nitrogens with zero attached hydrogens (tertiary/aromatic N) is 9. The van der Waals surface area contributed by atoms with Crippen molar-refractivity contribution < 1.29 is 4.79 Å². The van der Waals surface area contributed by atoms with Crippen molar-refractivity contribution in [1.29, 1.82) is 0 Å². The highest BCUT2D eigenvalue weighted by Crippen LogP contribution is 2.18. The summed E-state index contributed by atoms with van der Waals surface area (Å²) in [5.74, 6) is 1.69. The molecule has 10 nitrogen and oxygen atoms in total. The quantitative estimate of drug-likeness (QED) is 0.597. The van der Waals surface area contributed by atoms with Gasteiger partial charge in [0.1, 0.15) is 0 Å². The Balaban J connectivity index is 1.17. The van der Waals surface area contributed by atoms with Crippen LogP contribution < -0.4 is 9.80 Å². The summed E-state index contributed by atoms with van der Waals surface area (Å²) in [6, 6.07) is 13.7. The molecule has 0 bridgehead atoms. The van der Waals surface area contributed by atoms with Crippen LogP contribution in [-0.4, -0.2) is 100 Å². The number of anilines is 2. The van der Waals surface area contributed by atoms with E-state index in [1.165, 1.54) is 11.0 Å². The fourth-order valence-corrected chi connectivity index (χ4v) is 4.04. The molecule has 0 aliphatic carbocycles. The molecule has 1 aromatic carbocycles. The Morgan fingerprint density at radius 2 is 1.38 bits per heavy atom. The Morgan fingerprint density at radius 1 is 0.781 bits per heavy atom. The lowest BCUT2D eigenvalue weighted by Crippen LogP contribution is -2.49. The summed E-state index contributed by atoms with van der Waals surface area (Å²) in [7, 11) is 2.14. The molecule has 4 heterocycles. The van der Waals surface area contributed by atoms with Gasteiger partial charge in [0.05, 0.1) is 11.9 Å². The summed E-state index contributed by atoms with van der Waals surface area (Å²) in [5.41, 5.74) is 1.19. The zero-order valence-corrected chi connectivity index (χ0v) is 18.2. The average molecular weight is 434 g/mol. The maximum absolute atomic E-state index is 12.9. The number of amides is 1. The van der Waals surface area contributed by atoms with Crippen LogP contribution in [0, 0.1) is 0 Å². The van der Waals surface area contributed by atoms with Crippen molar-refractivity contribution in [1.82, 2.24) is 35.0 Å². The third-order valence-corrected chi connectivity index (χ3v) is 6.05. The Hall–Kier alpha value is -3.53. The minimum Gasteiger partial charge on any atom is -0.353 e. The van der Waals surface area contributed by atoms with Crippen molar-refractivity contribution in [3.63, 3.8) is 0 Å². The maximum atomic E-state index is 12.9. The molecule has 0 unspecified atom stereocenters. The zero-order chi connectivity index (χ0) is 21.9. The molecule has 5 rings (SSSR count). The van der Waals surface area contributed by atoms with E-state index in [9.17, 15) is 4.79 Å². The largest absolute Gasteiger partial charge is 0.353 e. The normalized spacial score (nSPS) is 17.6. The van der Waals surface area contributed by atoms with Crippen LogP contribution in [0.2, 0.25) is 0 Å². The second-order valence-electron chi connectivity index (χ2n) is 8.17.